The lowest BCUT2D eigenvalue weighted by Gasteiger charge is -2.19. The van der Waals surface area contributed by atoms with Crippen molar-refractivity contribution >= 4 is 23.5 Å². The maximum atomic E-state index is 5.02. The molecule has 0 amide bonds. The van der Waals surface area contributed by atoms with Crippen LogP contribution in [0, 0.1) is 0 Å². The Morgan fingerprint density at radius 2 is 2.10 bits per heavy atom. The van der Waals surface area contributed by atoms with Gasteiger partial charge in [0.05, 0.1) is 4.58 Å². The Labute approximate surface area is 71.3 Å². The number of hydrogen-bond acceptors (Lipinski definition) is 3. The monoisotopic (exact) mass is 178 g/mol. The average molecular weight is 178 g/mol. The molecule has 10 heavy (non-hydrogen) atoms. The molecule has 0 unspecified atom stereocenters. The van der Waals surface area contributed by atoms with Gasteiger partial charge in [0, 0.05) is 13.7 Å². The van der Waals surface area contributed by atoms with Crippen LogP contribution in [0.1, 0.15) is 12.8 Å². The van der Waals surface area contributed by atoms with E-state index in [1.807, 2.05) is 0 Å². The first-order valence-corrected chi connectivity index (χ1v) is 5.75. The molecule has 1 aliphatic heterocycles. The van der Waals surface area contributed by atoms with E-state index in [2.05, 4.69) is 23.5 Å². The SMILES string of the molecule is COCCC1SCCCS1. The first kappa shape index (κ1) is 8.75. The topological polar surface area (TPSA) is 9.23 Å². The molecule has 0 N–H and O–H groups in total. The van der Waals surface area contributed by atoms with Gasteiger partial charge in [0.25, 0.3) is 0 Å². The molecule has 60 valence electrons. The minimum atomic E-state index is 0.814. The van der Waals surface area contributed by atoms with Crippen molar-refractivity contribution in [3.05, 3.63) is 0 Å². The Morgan fingerprint density at radius 1 is 1.40 bits per heavy atom. The second-order valence-corrected chi connectivity index (χ2v) is 5.23. The van der Waals surface area contributed by atoms with Crippen molar-refractivity contribution in [3.63, 3.8) is 0 Å². The summed E-state index contributed by atoms with van der Waals surface area (Å²) in [5.41, 5.74) is 0. The van der Waals surface area contributed by atoms with Gasteiger partial charge in [0.1, 0.15) is 0 Å². The van der Waals surface area contributed by atoms with Crippen molar-refractivity contribution in [2.24, 2.45) is 0 Å². The largest absolute Gasteiger partial charge is 0.385 e. The normalized spacial score (nSPS) is 21.3. The minimum absolute atomic E-state index is 0.814. The van der Waals surface area contributed by atoms with Gasteiger partial charge in [0.2, 0.25) is 0 Å². The summed E-state index contributed by atoms with van der Waals surface area (Å²) < 4.78 is 5.83. The van der Waals surface area contributed by atoms with E-state index in [4.69, 9.17) is 4.74 Å². The Morgan fingerprint density at radius 3 is 2.70 bits per heavy atom. The fourth-order valence-corrected chi connectivity index (χ4v) is 3.74. The van der Waals surface area contributed by atoms with Crippen LogP contribution in [0.2, 0.25) is 0 Å². The van der Waals surface area contributed by atoms with E-state index >= 15 is 0 Å². The lowest BCUT2D eigenvalue weighted by atomic mass is 10.5. The first-order valence-electron chi connectivity index (χ1n) is 3.65. The van der Waals surface area contributed by atoms with Crippen molar-refractivity contribution in [1.29, 1.82) is 0 Å². The highest BCUT2D eigenvalue weighted by molar-refractivity contribution is 8.17. The van der Waals surface area contributed by atoms with Gasteiger partial charge in [-0.05, 0) is 24.3 Å². The molecule has 1 aliphatic rings. The molecule has 1 rings (SSSR count). The molecule has 0 aromatic rings. The van der Waals surface area contributed by atoms with Crippen LogP contribution in [0.3, 0.4) is 0 Å². The third-order valence-electron chi connectivity index (χ3n) is 1.45. The molecule has 0 aliphatic carbocycles. The van der Waals surface area contributed by atoms with Gasteiger partial charge in [-0.2, -0.15) is 0 Å². The summed E-state index contributed by atoms with van der Waals surface area (Å²) >= 11 is 4.17. The molecule has 0 atom stereocenters. The van der Waals surface area contributed by atoms with Crippen LogP contribution >= 0.6 is 23.5 Å². The second-order valence-electron chi connectivity index (χ2n) is 2.31. The molecule has 1 heterocycles. The zero-order chi connectivity index (χ0) is 7.23. The maximum absolute atomic E-state index is 5.02. The van der Waals surface area contributed by atoms with Crippen LogP contribution in [0.4, 0.5) is 0 Å². The molecule has 1 fully saturated rings. The van der Waals surface area contributed by atoms with Gasteiger partial charge in [-0.3, -0.25) is 0 Å². The standard InChI is InChI=1S/C7H14OS2/c1-8-4-3-7-9-5-2-6-10-7/h7H,2-6H2,1H3. The molecule has 0 aromatic carbocycles. The van der Waals surface area contributed by atoms with Gasteiger partial charge < -0.3 is 4.74 Å². The van der Waals surface area contributed by atoms with E-state index in [9.17, 15) is 0 Å². The van der Waals surface area contributed by atoms with E-state index in [-0.39, 0.29) is 0 Å². The quantitative estimate of drug-likeness (QED) is 0.656. The molecule has 1 saturated heterocycles. The number of rotatable bonds is 3. The highest BCUT2D eigenvalue weighted by Gasteiger charge is 2.12. The van der Waals surface area contributed by atoms with E-state index in [0.29, 0.717) is 0 Å². The highest BCUT2D eigenvalue weighted by atomic mass is 32.2. The number of ether oxygens (including phenoxy) is 1. The number of hydrogen-bond donors (Lipinski definition) is 0. The zero-order valence-corrected chi connectivity index (χ0v) is 7.97. The molecular weight excluding hydrogens is 164 g/mol. The molecule has 0 saturated carbocycles. The second kappa shape index (κ2) is 5.33. The van der Waals surface area contributed by atoms with Crippen LogP contribution in [0.25, 0.3) is 0 Å². The number of thioether (sulfide) groups is 2. The van der Waals surface area contributed by atoms with Crippen molar-refractivity contribution in [3.8, 4) is 0 Å². The Balaban J connectivity index is 2.02. The fraction of sp³-hybridized carbons (Fsp3) is 1.00. The summed E-state index contributed by atoms with van der Waals surface area (Å²) in [6.45, 7) is 0.921. The zero-order valence-electron chi connectivity index (χ0n) is 6.34. The van der Waals surface area contributed by atoms with Gasteiger partial charge in [0.15, 0.2) is 0 Å². The molecule has 0 aromatic heterocycles. The third kappa shape index (κ3) is 3.17. The maximum Gasteiger partial charge on any atom is 0.0524 e. The predicted molar refractivity (Wildman–Crippen MR) is 49.8 cm³/mol. The highest BCUT2D eigenvalue weighted by Crippen LogP contribution is 2.32. The van der Waals surface area contributed by atoms with Crippen LogP contribution < -0.4 is 0 Å². The first-order chi connectivity index (χ1) is 4.93. The van der Waals surface area contributed by atoms with Crippen molar-refractivity contribution in [2.75, 3.05) is 25.2 Å². The van der Waals surface area contributed by atoms with E-state index < -0.39 is 0 Å². The predicted octanol–water partition coefficient (Wildman–Crippen LogP) is 2.22. The van der Waals surface area contributed by atoms with Crippen LogP contribution in [0.5, 0.6) is 0 Å². The van der Waals surface area contributed by atoms with Gasteiger partial charge in [-0.25, -0.2) is 0 Å². The molecular formula is C7H14OS2. The third-order valence-corrected chi connectivity index (χ3v) is 4.53. The summed E-state index contributed by atoms with van der Waals surface area (Å²) in [5.74, 6) is 2.70. The van der Waals surface area contributed by atoms with Crippen LogP contribution in [-0.4, -0.2) is 29.8 Å². The summed E-state index contributed by atoms with van der Waals surface area (Å²) in [7, 11) is 1.78. The molecule has 1 nitrogen and oxygen atoms in total. The Hall–Kier alpha value is 0.660. The summed E-state index contributed by atoms with van der Waals surface area (Å²) in [4.78, 5) is 0. The smallest absolute Gasteiger partial charge is 0.0524 e. The molecule has 0 bridgehead atoms. The molecule has 0 radical (unpaired) electrons. The number of methoxy groups -OCH3 is 1. The van der Waals surface area contributed by atoms with Crippen molar-refractivity contribution < 1.29 is 4.74 Å². The lowest BCUT2D eigenvalue weighted by Crippen LogP contribution is -2.08. The summed E-state index contributed by atoms with van der Waals surface area (Å²) in [5, 5.41) is 0. The molecule has 0 spiro atoms. The van der Waals surface area contributed by atoms with Crippen molar-refractivity contribution in [2.45, 2.75) is 17.4 Å². The van der Waals surface area contributed by atoms with Gasteiger partial charge in [-0.15, -0.1) is 23.5 Å². The average Bonchev–Trinajstić information content (AvgIpc) is 2.03. The fourth-order valence-electron chi connectivity index (χ4n) is 0.917. The lowest BCUT2D eigenvalue weighted by molar-refractivity contribution is 0.198. The minimum Gasteiger partial charge on any atom is -0.385 e. The van der Waals surface area contributed by atoms with E-state index in [1.165, 1.54) is 24.3 Å². The Kier molecular flexibility index (Phi) is 4.66. The summed E-state index contributed by atoms with van der Waals surface area (Å²) in [6, 6.07) is 0. The van der Waals surface area contributed by atoms with Gasteiger partial charge in [-0.1, -0.05) is 0 Å². The van der Waals surface area contributed by atoms with Crippen LogP contribution in [-0.2, 0) is 4.74 Å². The summed E-state index contributed by atoms with van der Waals surface area (Å²) in [6.07, 6.45) is 2.60. The van der Waals surface area contributed by atoms with E-state index in [1.54, 1.807) is 7.11 Å². The van der Waals surface area contributed by atoms with Crippen molar-refractivity contribution in [1.82, 2.24) is 0 Å². The molecule has 3 heteroatoms. The van der Waals surface area contributed by atoms with Crippen LogP contribution in [0.15, 0.2) is 0 Å². The Bertz CT molecular complexity index is 81.7. The van der Waals surface area contributed by atoms with E-state index in [0.717, 1.165) is 11.2 Å². The van der Waals surface area contributed by atoms with Gasteiger partial charge >= 0.3 is 0 Å².